The standard InChI is InChI=1S/C16H14FNO/c17-13-8-12(9-18-10-13)16(19)15-7-2-1-6-14(15)11-4-3-5-11/h1-2,6-11H,3-5H2. The predicted molar refractivity (Wildman–Crippen MR) is 70.7 cm³/mol. The number of ketones is 1. The zero-order chi connectivity index (χ0) is 13.2. The van der Waals surface area contributed by atoms with Crippen LogP contribution < -0.4 is 0 Å². The van der Waals surface area contributed by atoms with Gasteiger partial charge in [-0.15, -0.1) is 0 Å². The third-order valence-corrected chi connectivity index (χ3v) is 3.72. The van der Waals surface area contributed by atoms with Gasteiger partial charge in [0, 0.05) is 17.3 Å². The first-order valence-corrected chi connectivity index (χ1v) is 6.50. The van der Waals surface area contributed by atoms with Crippen molar-refractivity contribution >= 4 is 5.78 Å². The van der Waals surface area contributed by atoms with Crippen LogP contribution in [0.3, 0.4) is 0 Å². The van der Waals surface area contributed by atoms with Crippen molar-refractivity contribution in [3.63, 3.8) is 0 Å². The number of aromatic nitrogens is 1. The summed E-state index contributed by atoms with van der Waals surface area (Å²) in [5.74, 6) is -0.150. The largest absolute Gasteiger partial charge is 0.289 e. The Bertz CT molecular complexity index is 620. The van der Waals surface area contributed by atoms with E-state index in [4.69, 9.17) is 0 Å². The number of hydrogen-bond donors (Lipinski definition) is 0. The molecule has 2 aromatic rings. The van der Waals surface area contributed by atoms with Gasteiger partial charge in [-0.1, -0.05) is 30.7 Å². The fourth-order valence-corrected chi connectivity index (χ4v) is 2.47. The molecule has 0 N–H and O–H groups in total. The van der Waals surface area contributed by atoms with E-state index in [1.165, 1.54) is 18.7 Å². The molecule has 3 rings (SSSR count). The molecular weight excluding hydrogens is 241 g/mol. The van der Waals surface area contributed by atoms with Crippen LogP contribution in [0.25, 0.3) is 0 Å². The number of rotatable bonds is 3. The monoisotopic (exact) mass is 255 g/mol. The van der Waals surface area contributed by atoms with Crippen LogP contribution in [0.4, 0.5) is 4.39 Å². The second-order valence-corrected chi connectivity index (χ2v) is 4.94. The molecule has 96 valence electrons. The first-order chi connectivity index (χ1) is 9.25. The maximum Gasteiger partial charge on any atom is 0.194 e. The molecular formula is C16H14FNO. The highest BCUT2D eigenvalue weighted by Gasteiger charge is 2.24. The number of carbonyl (C=O) groups is 1. The Morgan fingerprint density at radius 1 is 1.21 bits per heavy atom. The second-order valence-electron chi connectivity index (χ2n) is 4.94. The number of hydrogen-bond acceptors (Lipinski definition) is 2. The van der Waals surface area contributed by atoms with E-state index in [0.29, 0.717) is 17.0 Å². The summed E-state index contributed by atoms with van der Waals surface area (Å²) in [7, 11) is 0. The molecule has 0 atom stereocenters. The zero-order valence-electron chi connectivity index (χ0n) is 10.5. The van der Waals surface area contributed by atoms with Crippen molar-refractivity contribution in [1.82, 2.24) is 4.98 Å². The quantitative estimate of drug-likeness (QED) is 0.782. The van der Waals surface area contributed by atoms with Gasteiger partial charge in [0.1, 0.15) is 5.82 Å². The van der Waals surface area contributed by atoms with E-state index in [0.717, 1.165) is 24.6 Å². The Morgan fingerprint density at radius 3 is 2.68 bits per heavy atom. The molecule has 1 heterocycles. The van der Waals surface area contributed by atoms with E-state index in [1.54, 1.807) is 0 Å². The van der Waals surface area contributed by atoms with Crippen molar-refractivity contribution in [1.29, 1.82) is 0 Å². The summed E-state index contributed by atoms with van der Waals surface area (Å²) in [6, 6.07) is 8.87. The molecule has 0 amide bonds. The van der Waals surface area contributed by atoms with Crippen LogP contribution in [-0.2, 0) is 0 Å². The number of nitrogens with zero attached hydrogens (tertiary/aromatic N) is 1. The van der Waals surface area contributed by atoms with Gasteiger partial charge in [0.15, 0.2) is 5.78 Å². The predicted octanol–water partition coefficient (Wildman–Crippen LogP) is 3.72. The third kappa shape index (κ3) is 2.28. The smallest absolute Gasteiger partial charge is 0.194 e. The number of carbonyl (C=O) groups excluding carboxylic acids is 1. The van der Waals surface area contributed by atoms with Crippen molar-refractivity contribution < 1.29 is 9.18 Å². The summed E-state index contributed by atoms with van der Waals surface area (Å²) in [6.45, 7) is 0. The van der Waals surface area contributed by atoms with E-state index >= 15 is 0 Å². The fourth-order valence-electron chi connectivity index (χ4n) is 2.47. The van der Waals surface area contributed by atoms with E-state index in [-0.39, 0.29) is 5.78 Å². The molecule has 0 radical (unpaired) electrons. The summed E-state index contributed by atoms with van der Waals surface area (Å²) in [5.41, 5.74) is 2.08. The van der Waals surface area contributed by atoms with E-state index < -0.39 is 5.82 Å². The molecule has 1 fully saturated rings. The molecule has 1 saturated carbocycles. The van der Waals surface area contributed by atoms with Gasteiger partial charge in [-0.3, -0.25) is 9.78 Å². The SMILES string of the molecule is O=C(c1cncc(F)c1)c1ccccc1C1CCC1. The van der Waals surface area contributed by atoms with Gasteiger partial charge in [-0.05, 0) is 30.4 Å². The van der Waals surface area contributed by atoms with Crippen LogP contribution >= 0.6 is 0 Å². The Balaban J connectivity index is 1.99. The van der Waals surface area contributed by atoms with Crippen LogP contribution in [0.5, 0.6) is 0 Å². The topological polar surface area (TPSA) is 30.0 Å². The molecule has 0 saturated heterocycles. The van der Waals surface area contributed by atoms with E-state index in [2.05, 4.69) is 4.98 Å². The minimum Gasteiger partial charge on any atom is -0.289 e. The third-order valence-electron chi connectivity index (χ3n) is 3.72. The lowest BCUT2D eigenvalue weighted by Crippen LogP contribution is -2.14. The van der Waals surface area contributed by atoms with Crippen molar-refractivity contribution in [2.75, 3.05) is 0 Å². The highest BCUT2D eigenvalue weighted by molar-refractivity contribution is 6.09. The summed E-state index contributed by atoms with van der Waals surface area (Å²) in [5, 5.41) is 0. The Morgan fingerprint density at radius 2 is 2.00 bits per heavy atom. The normalized spacial score (nSPS) is 15.0. The summed E-state index contributed by atoms with van der Waals surface area (Å²) < 4.78 is 13.2. The molecule has 3 heteroatoms. The minimum atomic E-state index is -0.480. The van der Waals surface area contributed by atoms with E-state index in [9.17, 15) is 9.18 Å². The van der Waals surface area contributed by atoms with Gasteiger partial charge in [0.25, 0.3) is 0 Å². The van der Waals surface area contributed by atoms with Crippen LogP contribution in [0, 0.1) is 5.82 Å². The van der Waals surface area contributed by atoms with Gasteiger partial charge >= 0.3 is 0 Å². The fraction of sp³-hybridized carbons (Fsp3) is 0.250. The van der Waals surface area contributed by atoms with Crippen molar-refractivity contribution in [2.45, 2.75) is 25.2 Å². The van der Waals surface area contributed by atoms with Gasteiger partial charge in [0.2, 0.25) is 0 Å². The van der Waals surface area contributed by atoms with Crippen LogP contribution in [0.15, 0.2) is 42.7 Å². The molecule has 1 aromatic heterocycles. The summed E-state index contributed by atoms with van der Waals surface area (Å²) >= 11 is 0. The summed E-state index contributed by atoms with van der Waals surface area (Å²) in [4.78, 5) is 16.2. The van der Waals surface area contributed by atoms with Crippen molar-refractivity contribution in [3.05, 3.63) is 65.2 Å². The van der Waals surface area contributed by atoms with E-state index in [1.807, 2.05) is 24.3 Å². The average molecular weight is 255 g/mol. The zero-order valence-corrected chi connectivity index (χ0v) is 10.5. The van der Waals surface area contributed by atoms with Crippen molar-refractivity contribution in [3.8, 4) is 0 Å². The molecule has 0 aliphatic heterocycles. The number of pyridine rings is 1. The lowest BCUT2D eigenvalue weighted by molar-refractivity contribution is 0.103. The van der Waals surface area contributed by atoms with Crippen LogP contribution in [0.1, 0.15) is 46.7 Å². The molecule has 0 bridgehead atoms. The highest BCUT2D eigenvalue weighted by atomic mass is 19.1. The molecule has 2 nitrogen and oxygen atoms in total. The maximum atomic E-state index is 13.2. The van der Waals surface area contributed by atoms with Crippen molar-refractivity contribution in [2.24, 2.45) is 0 Å². The first kappa shape index (κ1) is 12.0. The Hall–Kier alpha value is -2.03. The average Bonchev–Trinajstić information content (AvgIpc) is 2.37. The maximum absolute atomic E-state index is 13.2. The van der Waals surface area contributed by atoms with Crippen LogP contribution in [-0.4, -0.2) is 10.8 Å². The molecule has 19 heavy (non-hydrogen) atoms. The van der Waals surface area contributed by atoms with Crippen LogP contribution in [0.2, 0.25) is 0 Å². The van der Waals surface area contributed by atoms with Gasteiger partial charge in [0.05, 0.1) is 6.20 Å². The van der Waals surface area contributed by atoms with Gasteiger partial charge in [-0.25, -0.2) is 4.39 Å². The Kier molecular flexibility index (Phi) is 3.11. The number of benzene rings is 1. The number of halogens is 1. The minimum absolute atomic E-state index is 0.144. The van der Waals surface area contributed by atoms with Gasteiger partial charge < -0.3 is 0 Å². The molecule has 0 spiro atoms. The second kappa shape index (κ2) is 4.92. The van der Waals surface area contributed by atoms with Gasteiger partial charge in [-0.2, -0.15) is 0 Å². The highest BCUT2D eigenvalue weighted by Crippen LogP contribution is 2.38. The summed E-state index contributed by atoms with van der Waals surface area (Å²) in [6.07, 6.45) is 6.00. The molecule has 1 aromatic carbocycles. The lowest BCUT2D eigenvalue weighted by Gasteiger charge is -2.27. The lowest BCUT2D eigenvalue weighted by atomic mass is 9.77. The molecule has 1 aliphatic rings. The Labute approximate surface area is 111 Å². The molecule has 1 aliphatic carbocycles. The molecule has 0 unspecified atom stereocenters. The first-order valence-electron chi connectivity index (χ1n) is 6.50.